The van der Waals surface area contributed by atoms with Crippen molar-refractivity contribution in [2.75, 3.05) is 17.1 Å². The molecule has 0 unspecified atom stereocenters. The van der Waals surface area contributed by atoms with Gasteiger partial charge in [-0.05, 0) is 12.1 Å². The van der Waals surface area contributed by atoms with E-state index in [4.69, 9.17) is 5.73 Å². The molecule has 15 heavy (non-hydrogen) atoms. The third-order valence-electron chi connectivity index (χ3n) is 1.75. The minimum atomic E-state index is -3.49. The fraction of sp³-hybridized carbons (Fsp3) is 0.250. The number of hydrogen-bond acceptors (Lipinski definition) is 4. The lowest BCUT2D eigenvalue weighted by Crippen LogP contribution is -2.34. The van der Waals surface area contributed by atoms with Crippen LogP contribution in [0.25, 0.3) is 0 Å². The van der Waals surface area contributed by atoms with Crippen LogP contribution in [0.2, 0.25) is 0 Å². The van der Waals surface area contributed by atoms with Gasteiger partial charge in [-0.15, -0.1) is 0 Å². The van der Waals surface area contributed by atoms with Gasteiger partial charge in [0.25, 0.3) is 0 Å². The maximum absolute atomic E-state index is 11.7. The Bertz CT molecular complexity index is 444. The lowest BCUT2D eigenvalue weighted by atomic mass is 10.4. The van der Waals surface area contributed by atoms with Gasteiger partial charge >= 0.3 is 0 Å². The number of nitrogens with two attached hydrogens (primary N) is 1. The molecule has 0 aliphatic heterocycles. The number of sulfonamides is 1. The number of aromatic nitrogens is 1. The van der Waals surface area contributed by atoms with Crippen molar-refractivity contribution in [3.63, 3.8) is 0 Å². The minimum Gasteiger partial charge on any atom is -0.392 e. The van der Waals surface area contributed by atoms with Gasteiger partial charge < -0.3 is 5.73 Å². The van der Waals surface area contributed by atoms with Crippen LogP contribution >= 0.6 is 12.2 Å². The van der Waals surface area contributed by atoms with E-state index in [-0.39, 0.29) is 10.7 Å². The second-order valence-corrected chi connectivity index (χ2v) is 5.43. The van der Waals surface area contributed by atoms with Gasteiger partial charge in [-0.25, -0.2) is 8.42 Å². The van der Waals surface area contributed by atoms with Gasteiger partial charge in [-0.3, -0.25) is 9.29 Å². The van der Waals surface area contributed by atoms with Crippen LogP contribution in [0.15, 0.2) is 24.5 Å². The summed E-state index contributed by atoms with van der Waals surface area (Å²) in [5.41, 5.74) is 5.68. The van der Waals surface area contributed by atoms with Crippen LogP contribution in [0.5, 0.6) is 0 Å². The summed E-state index contributed by atoms with van der Waals surface area (Å²) in [5.74, 6) is -0.340. The predicted octanol–water partition coefficient (Wildman–Crippen LogP) is 0.134. The average molecular weight is 245 g/mol. The molecule has 0 aliphatic rings. The van der Waals surface area contributed by atoms with Crippen LogP contribution < -0.4 is 10.0 Å². The number of nitrogens with zero attached hydrogens (tertiary/aromatic N) is 2. The Hall–Kier alpha value is -1.21. The summed E-state index contributed by atoms with van der Waals surface area (Å²) in [6.07, 6.45) is 3.02. The number of rotatable bonds is 4. The lowest BCUT2D eigenvalue weighted by Gasteiger charge is -2.18. The highest BCUT2D eigenvalue weighted by Crippen LogP contribution is 2.13. The summed E-state index contributed by atoms with van der Waals surface area (Å²) in [4.78, 5) is 3.78. The Morgan fingerprint density at radius 1 is 1.67 bits per heavy atom. The first-order valence-electron chi connectivity index (χ1n) is 4.08. The molecule has 7 heteroatoms. The SMILES string of the molecule is CN(c1cccnc1)S(=O)(=O)CC(N)=S. The first-order chi connectivity index (χ1) is 6.93. The van der Waals surface area contributed by atoms with E-state index in [0.29, 0.717) is 5.69 Å². The van der Waals surface area contributed by atoms with Crippen molar-refractivity contribution in [3.05, 3.63) is 24.5 Å². The third-order valence-corrected chi connectivity index (χ3v) is 3.80. The zero-order valence-corrected chi connectivity index (χ0v) is 9.75. The van der Waals surface area contributed by atoms with Crippen LogP contribution in [-0.2, 0) is 10.0 Å². The molecule has 0 aromatic carbocycles. The van der Waals surface area contributed by atoms with E-state index < -0.39 is 10.0 Å². The third kappa shape index (κ3) is 3.14. The van der Waals surface area contributed by atoms with Crippen LogP contribution in [0, 0.1) is 0 Å². The van der Waals surface area contributed by atoms with Crippen molar-refractivity contribution in [3.8, 4) is 0 Å². The monoisotopic (exact) mass is 245 g/mol. The van der Waals surface area contributed by atoms with Crippen LogP contribution in [0.3, 0.4) is 0 Å². The molecule has 82 valence electrons. The maximum Gasteiger partial charge on any atom is 0.241 e. The first-order valence-corrected chi connectivity index (χ1v) is 6.10. The normalized spacial score (nSPS) is 11.0. The van der Waals surface area contributed by atoms with Crippen LogP contribution in [0.4, 0.5) is 5.69 Å². The maximum atomic E-state index is 11.7. The van der Waals surface area contributed by atoms with Gasteiger partial charge in [-0.2, -0.15) is 0 Å². The molecule has 0 radical (unpaired) electrons. The van der Waals surface area contributed by atoms with Crippen LogP contribution in [0.1, 0.15) is 0 Å². The minimum absolute atomic E-state index is 0.0502. The molecule has 0 bridgehead atoms. The molecule has 1 aromatic heterocycles. The number of pyridine rings is 1. The summed E-state index contributed by atoms with van der Waals surface area (Å²) in [6, 6.07) is 3.30. The zero-order valence-electron chi connectivity index (χ0n) is 8.12. The topological polar surface area (TPSA) is 76.3 Å². The van der Waals surface area contributed by atoms with Gasteiger partial charge in [0.05, 0.1) is 16.9 Å². The number of thiocarbonyl (C=S) groups is 1. The summed E-state index contributed by atoms with van der Waals surface area (Å²) >= 11 is 4.57. The van der Waals surface area contributed by atoms with Gasteiger partial charge in [0, 0.05) is 13.2 Å². The van der Waals surface area contributed by atoms with Gasteiger partial charge in [0.2, 0.25) is 10.0 Å². The highest BCUT2D eigenvalue weighted by Gasteiger charge is 2.19. The van der Waals surface area contributed by atoms with Crippen LogP contribution in [-0.4, -0.2) is 31.2 Å². The smallest absolute Gasteiger partial charge is 0.241 e. The molecule has 0 aliphatic carbocycles. The standard InChI is InChI=1S/C8H11N3O2S2/c1-11(7-3-2-4-10-5-7)15(12,13)6-8(9)14/h2-5H,6H2,1H3,(H2,9,14). The Kier molecular flexibility index (Phi) is 3.59. The molecule has 1 rings (SSSR count). The van der Waals surface area contributed by atoms with Crippen molar-refractivity contribution in [1.29, 1.82) is 0 Å². The fourth-order valence-corrected chi connectivity index (χ4v) is 2.41. The van der Waals surface area contributed by atoms with E-state index in [9.17, 15) is 8.42 Å². The Labute approximate surface area is 94.0 Å². The quantitative estimate of drug-likeness (QED) is 0.763. The second kappa shape index (κ2) is 4.54. The Morgan fingerprint density at radius 2 is 2.33 bits per heavy atom. The molecule has 1 heterocycles. The average Bonchev–Trinajstić information content (AvgIpc) is 2.16. The lowest BCUT2D eigenvalue weighted by molar-refractivity contribution is 0.598. The van der Waals surface area contributed by atoms with Crippen molar-refractivity contribution in [2.45, 2.75) is 0 Å². The van der Waals surface area contributed by atoms with E-state index in [1.54, 1.807) is 18.3 Å². The van der Waals surface area contributed by atoms with Crippen molar-refractivity contribution in [1.82, 2.24) is 4.98 Å². The summed E-state index contributed by atoms with van der Waals surface area (Å²) < 4.78 is 24.5. The highest BCUT2D eigenvalue weighted by molar-refractivity contribution is 7.95. The van der Waals surface area contributed by atoms with E-state index in [1.165, 1.54) is 13.2 Å². The van der Waals surface area contributed by atoms with Gasteiger partial charge in [-0.1, -0.05) is 12.2 Å². The largest absolute Gasteiger partial charge is 0.392 e. The molecule has 0 amide bonds. The van der Waals surface area contributed by atoms with Gasteiger partial charge in [0.15, 0.2) is 0 Å². The van der Waals surface area contributed by atoms with Gasteiger partial charge in [0.1, 0.15) is 5.75 Å². The molecule has 1 aromatic rings. The predicted molar refractivity (Wildman–Crippen MR) is 63.2 cm³/mol. The summed E-state index contributed by atoms with van der Waals surface area (Å²) in [5, 5.41) is 0. The summed E-state index contributed by atoms with van der Waals surface area (Å²) in [7, 11) is -2.05. The van der Waals surface area contributed by atoms with Crippen molar-refractivity contribution >= 4 is 32.9 Å². The first kappa shape index (κ1) is 11.9. The van der Waals surface area contributed by atoms with E-state index in [1.807, 2.05) is 0 Å². The molecular formula is C8H11N3O2S2. The molecular weight excluding hydrogens is 234 g/mol. The summed E-state index contributed by atoms with van der Waals surface area (Å²) in [6.45, 7) is 0. The molecule has 0 atom stereocenters. The van der Waals surface area contributed by atoms with Crippen molar-refractivity contribution < 1.29 is 8.42 Å². The number of anilines is 1. The fourth-order valence-electron chi connectivity index (χ4n) is 0.977. The molecule has 2 N–H and O–H groups in total. The Balaban J connectivity index is 2.95. The molecule has 0 saturated carbocycles. The zero-order chi connectivity index (χ0) is 11.5. The van der Waals surface area contributed by atoms with E-state index in [0.717, 1.165) is 4.31 Å². The number of hydrogen-bond donors (Lipinski definition) is 1. The molecule has 0 saturated heterocycles. The second-order valence-electron chi connectivity index (χ2n) is 2.90. The van der Waals surface area contributed by atoms with Crippen molar-refractivity contribution in [2.24, 2.45) is 5.73 Å². The Morgan fingerprint density at radius 3 is 2.80 bits per heavy atom. The van der Waals surface area contributed by atoms with E-state index >= 15 is 0 Å². The molecule has 0 spiro atoms. The molecule has 0 fully saturated rings. The highest BCUT2D eigenvalue weighted by atomic mass is 32.2. The van der Waals surface area contributed by atoms with E-state index in [2.05, 4.69) is 17.2 Å². The molecule has 5 nitrogen and oxygen atoms in total.